The smallest absolute Gasteiger partial charge is 0.225 e. The van der Waals surface area contributed by atoms with E-state index in [9.17, 15) is 13.2 Å². The molecule has 1 fully saturated rings. The highest BCUT2D eigenvalue weighted by Crippen LogP contribution is 2.14. The summed E-state index contributed by atoms with van der Waals surface area (Å²) < 4.78 is 25.1. The van der Waals surface area contributed by atoms with Gasteiger partial charge >= 0.3 is 0 Å². The first-order valence-electron chi connectivity index (χ1n) is 7.38. The minimum absolute atomic E-state index is 0.153. The number of hydrogen-bond acceptors (Lipinski definition) is 3. The molecule has 1 N–H and O–H groups in total. The first-order chi connectivity index (χ1) is 10.0. The van der Waals surface area contributed by atoms with E-state index >= 15 is 0 Å². The molecule has 0 aliphatic carbocycles. The van der Waals surface area contributed by atoms with Gasteiger partial charge in [-0.15, -0.1) is 0 Å². The zero-order valence-electron chi connectivity index (χ0n) is 12.3. The van der Waals surface area contributed by atoms with Crippen molar-refractivity contribution in [3.8, 4) is 0 Å². The average Bonchev–Trinajstić information content (AvgIpc) is 2.46. The molecule has 1 saturated heterocycles. The Morgan fingerprint density at radius 1 is 1.24 bits per heavy atom. The van der Waals surface area contributed by atoms with E-state index in [2.05, 4.69) is 12.2 Å². The molecule has 1 aliphatic heterocycles. The molecule has 0 bridgehead atoms. The minimum atomic E-state index is -3.15. The number of nitrogens with one attached hydrogen (secondary N) is 1. The number of carbonyl (C=O) groups excluding carboxylic acids is 1. The van der Waals surface area contributed by atoms with Gasteiger partial charge in [0.25, 0.3) is 0 Å². The molecule has 0 saturated carbocycles. The summed E-state index contributed by atoms with van der Waals surface area (Å²) in [7, 11) is -3.15. The minimum Gasteiger partial charge on any atom is -0.326 e. The number of hydrogen-bond donors (Lipinski definition) is 1. The maximum absolute atomic E-state index is 11.9. The van der Waals surface area contributed by atoms with Crippen LogP contribution in [0.15, 0.2) is 24.3 Å². The number of benzene rings is 1. The van der Waals surface area contributed by atoms with Crippen molar-refractivity contribution in [2.24, 2.45) is 0 Å². The Bertz CT molecular complexity index is 581. The van der Waals surface area contributed by atoms with E-state index in [-0.39, 0.29) is 24.6 Å². The molecule has 6 heteroatoms. The van der Waals surface area contributed by atoms with Crippen molar-refractivity contribution in [1.29, 1.82) is 0 Å². The largest absolute Gasteiger partial charge is 0.326 e. The first kappa shape index (κ1) is 16.0. The van der Waals surface area contributed by atoms with Gasteiger partial charge < -0.3 is 5.32 Å². The van der Waals surface area contributed by atoms with Crippen LogP contribution >= 0.6 is 0 Å². The molecule has 1 aromatic carbocycles. The molecule has 1 heterocycles. The highest BCUT2D eigenvalue weighted by molar-refractivity contribution is 7.89. The van der Waals surface area contributed by atoms with Crippen molar-refractivity contribution >= 4 is 21.6 Å². The van der Waals surface area contributed by atoms with E-state index in [0.717, 1.165) is 24.9 Å². The summed E-state index contributed by atoms with van der Waals surface area (Å²) in [5.74, 6) is 0.0487. The van der Waals surface area contributed by atoms with Crippen molar-refractivity contribution in [2.45, 2.75) is 32.6 Å². The average molecular weight is 310 g/mol. The Morgan fingerprint density at radius 2 is 1.95 bits per heavy atom. The Kier molecular flexibility index (Phi) is 5.36. The van der Waals surface area contributed by atoms with Crippen molar-refractivity contribution in [1.82, 2.24) is 4.31 Å². The molecule has 0 spiro atoms. The summed E-state index contributed by atoms with van der Waals surface area (Å²) in [5.41, 5.74) is 1.96. The van der Waals surface area contributed by atoms with E-state index in [1.165, 1.54) is 9.87 Å². The van der Waals surface area contributed by atoms with Crippen molar-refractivity contribution in [3.05, 3.63) is 29.8 Å². The van der Waals surface area contributed by atoms with E-state index in [1.54, 1.807) is 0 Å². The molecule has 1 aliphatic rings. The number of carbonyl (C=O) groups is 1. The number of aryl methyl sites for hydroxylation is 1. The van der Waals surface area contributed by atoms with Gasteiger partial charge in [-0.3, -0.25) is 4.79 Å². The third-order valence-corrected chi connectivity index (χ3v) is 5.64. The third kappa shape index (κ3) is 4.54. The van der Waals surface area contributed by atoms with Crippen LogP contribution in [0.3, 0.4) is 0 Å². The third-order valence-electron chi connectivity index (χ3n) is 3.69. The van der Waals surface area contributed by atoms with Crippen LogP contribution in [-0.4, -0.2) is 37.5 Å². The number of anilines is 1. The van der Waals surface area contributed by atoms with Crippen molar-refractivity contribution in [3.63, 3.8) is 0 Å². The van der Waals surface area contributed by atoms with Crippen LogP contribution in [0.25, 0.3) is 0 Å². The predicted octanol–water partition coefficient (Wildman–Crippen LogP) is 2.00. The number of nitrogens with zero attached hydrogens (tertiary/aromatic N) is 1. The summed E-state index contributed by atoms with van der Waals surface area (Å²) >= 11 is 0. The van der Waals surface area contributed by atoms with Crippen LogP contribution in [0.5, 0.6) is 0 Å². The maximum atomic E-state index is 11.9. The number of amides is 1. The molecule has 21 heavy (non-hydrogen) atoms. The summed E-state index contributed by atoms with van der Waals surface area (Å²) in [6, 6.07) is 7.69. The highest BCUT2D eigenvalue weighted by atomic mass is 32.2. The molecule has 116 valence electrons. The Morgan fingerprint density at radius 3 is 2.57 bits per heavy atom. The molecule has 0 atom stereocenters. The van der Waals surface area contributed by atoms with Crippen LogP contribution in [0, 0.1) is 0 Å². The molecule has 2 rings (SSSR count). The molecule has 0 unspecified atom stereocenters. The fourth-order valence-electron chi connectivity index (χ4n) is 2.37. The number of rotatable bonds is 5. The maximum Gasteiger partial charge on any atom is 0.225 e. The zero-order valence-corrected chi connectivity index (χ0v) is 13.2. The monoisotopic (exact) mass is 310 g/mol. The van der Waals surface area contributed by atoms with Gasteiger partial charge in [0.15, 0.2) is 0 Å². The fraction of sp³-hybridized carbons (Fsp3) is 0.533. The second-order valence-electron chi connectivity index (χ2n) is 5.27. The van der Waals surface area contributed by atoms with Gasteiger partial charge in [-0.2, -0.15) is 0 Å². The molecular formula is C15H22N2O3S. The lowest BCUT2D eigenvalue weighted by Gasteiger charge is -2.25. The quantitative estimate of drug-likeness (QED) is 0.904. The van der Waals surface area contributed by atoms with Gasteiger partial charge in [0.1, 0.15) is 0 Å². The van der Waals surface area contributed by atoms with Crippen LogP contribution in [0.4, 0.5) is 5.69 Å². The lowest BCUT2D eigenvalue weighted by Crippen LogP contribution is -2.39. The van der Waals surface area contributed by atoms with Gasteiger partial charge in [-0.25, -0.2) is 12.7 Å². The second kappa shape index (κ2) is 7.04. The lowest BCUT2D eigenvalue weighted by molar-refractivity contribution is -0.116. The van der Waals surface area contributed by atoms with Gasteiger partial charge in [-0.1, -0.05) is 19.1 Å². The Balaban J connectivity index is 1.84. The molecule has 5 nitrogen and oxygen atoms in total. The van der Waals surface area contributed by atoms with Crippen LogP contribution in [0.2, 0.25) is 0 Å². The standard InChI is InChI=1S/C15H22N2O3S/c1-2-13-5-7-14(8-6-13)16-15(18)9-11-17-10-3-4-12-21(17,19)20/h5-8H,2-4,9-12H2,1H3,(H,16,18). The highest BCUT2D eigenvalue weighted by Gasteiger charge is 2.25. The molecule has 0 radical (unpaired) electrons. The first-order valence-corrected chi connectivity index (χ1v) is 8.99. The second-order valence-corrected chi connectivity index (χ2v) is 7.36. The van der Waals surface area contributed by atoms with Gasteiger partial charge in [0, 0.05) is 25.2 Å². The molecular weight excluding hydrogens is 288 g/mol. The normalized spacial score (nSPS) is 18.3. The summed E-state index contributed by atoms with van der Waals surface area (Å²) in [6.07, 6.45) is 2.74. The summed E-state index contributed by atoms with van der Waals surface area (Å²) in [5, 5.41) is 2.80. The molecule has 1 aromatic rings. The number of sulfonamides is 1. The van der Waals surface area contributed by atoms with Crippen LogP contribution in [-0.2, 0) is 21.2 Å². The summed E-state index contributed by atoms with van der Waals surface area (Å²) in [6.45, 7) is 2.87. The SMILES string of the molecule is CCc1ccc(NC(=O)CCN2CCCCS2(=O)=O)cc1. The fourth-order valence-corrected chi connectivity index (χ4v) is 3.97. The summed E-state index contributed by atoms with van der Waals surface area (Å²) in [4.78, 5) is 11.9. The molecule has 1 amide bonds. The van der Waals surface area contributed by atoms with Gasteiger partial charge in [0.2, 0.25) is 15.9 Å². The van der Waals surface area contributed by atoms with Gasteiger partial charge in [0.05, 0.1) is 5.75 Å². The predicted molar refractivity (Wildman–Crippen MR) is 83.7 cm³/mol. The zero-order chi connectivity index (χ0) is 15.3. The van der Waals surface area contributed by atoms with E-state index in [1.807, 2.05) is 24.3 Å². The van der Waals surface area contributed by atoms with E-state index in [0.29, 0.717) is 6.54 Å². The van der Waals surface area contributed by atoms with Crippen LogP contribution in [0.1, 0.15) is 31.7 Å². The van der Waals surface area contributed by atoms with E-state index in [4.69, 9.17) is 0 Å². The topological polar surface area (TPSA) is 66.5 Å². The lowest BCUT2D eigenvalue weighted by atomic mass is 10.1. The van der Waals surface area contributed by atoms with Gasteiger partial charge in [-0.05, 0) is 37.0 Å². The van der Waals surface area contributed by atoms with E-state index < -0.39 is 10.0 Å². The van der Waals surface area contributed by atoms with Crippen molar-refractivity contribution in [2.75, 3.05) is 24.2 Å². The van der Waals surface area contributed by atoms with Crippen molar-refractivity contribution < 1.29 is 13.2 Å². The Labute approximate surface area is 126 Å². The molecule has 0 aromatic heterocycles. The van der Waals surface area contributed by atoms with Crippen LogP contribution < -0.4 is 5.32 Å². The Hall–Kier alpha value is -1.40.